The van der Waals surface area contributed by atoms with Crippen molar-refractivity contribution in [2.45, 2.75) is 38.5 Å². The summed E-state index contributed by atoms with van der Waals surface area (Å²) in [5, 5.41) is 0.724. The highest BCUT2D eigenvalue weighted by atomic mass is 32.1. The maximum atomic E-state index is 12.6. The van der Waals surface area contributed by atoms with Crippen LogP contribution in [0.3, 0.4) is 0 Å². The van der Waals surface area contributed by atoms with Gasteiger partial charge in [0, 0.05) is 11.4 Å². The van der Waals surface area contributed by atoms with Gasteiger partial charge in [0.15, 0.2) is 0 Å². The van der Waals surface area contributed by atoms with Gasteiger partial charge < -0.3 is 4.98 Å². The average Bonchev–Trinajstić information content (AvgIpc) is 3.14. The first-order valence-electron chi connectivity index (χ1n) is 8.69. The van der Waals surface area contributed by atoms with Crippen LogP contribution in [0, 0.1) is 0 Å². The molecule has 27 heavy (non-hydrogen) atoms. The van der Waals surface area contributed by atoms with E-state index in [0.717, 1.165) is 52.7 Å². The Morgan fingerprint density at radius 2 is 1.93 bits per heavy atom. The molecule has 1 aromatic carbocycles. The Kier molecular flexibility index (Phi) is 4.55. The van der Waals surface area contributed by atoms with E-state index in [-0.39, 0.29) is 5.56 Å². The number of halogens is 3. The molecule has 0 fully saturated rings. The largest absolute Gasteiger partial charge is 0.416 e. The van der Waals surface area contributed by atoms with E-state index in [9.17, 15) is 18.0 Å². The second-order valence-corrected chi connectivity index (χ2v) is 8.00. The van der Waals surface area contributed by atoms with E-state index in [4.69, 9.17) is 0 Å². The van der Waals surface area contributed by atoms with Crippen LogP contribution < -0.4 is 5.56 Å². The van der Waals surface area contributed by atoms with Crippen molar-refractivity contribution < 1.29 is 13.2 Å². The number of benzene rings is 1. The lowest BCUT2D eigenvalue weighted by Gasteiger charge is -2.16. The Balaban J connectivity index is 1.50. The van der Waals surface area contributed by atoms with Gasteiger partial charge in [-0.25, -0.2) is 4.98 Å². The predicted molar refractivity (Wildman–Crippen MR) is 98.9 cm³/mol. The Labute approximate surface area is 157 Å². The first-order valence-corrected chi connectivity index (χ1v) is 9.51. The second kappa shape index (κ2) is 6.76. The molecule has 0 saturated carbocycles. The van der Waals surface area contributed by atoms with Crippen LogP contribution in [0.25, 0.3) is 10.2 Å². The van der Waals surface area contributed by atoms with Gasteiger partial charge in [-0.3, -0.25) is 9.69 Å². The molecule has 0 spiro atoms. The molecule has 8 heteroatoms. The smallest absolute Gasteiger partial charge is 0.309 e. The van der Waals surface area contributed by atoms with Gasteiger partial charge >= 0.3 is 6.18 Å². The summed E-state index contributed by atoms with van der Waals surface area (Å²) in [4.78, 5) is 23.9. The van der Waals surface area contributed by atoms with Crippen molar-refractivity contribution in [1.29, 1.82) is 0 Å². The Morgan fingerprint density at radius 3 is 2.63 bits per heavy atom. The van der Waals surface area contributed by atoms with Crippen LogP contribution >= 0.6 is 11.3 Å². The zero-order valence-corrected chi connectivity index (χ0v) is 15.5. The standard InChI is InChI=1S/C19H18F3N3OS/c1-25(9-11-5-7-12(8-6-11)19(20,21)22)10-15-23-17(26)16-13-3-2-4-14(13)27-18(16)24-15/h5-8H,2-4,9-10H2,1H3,(H,23,24,26). The number of hydrogen-bond acceptors (Lipinski definition) is 4. The normalized spacial score (nSPS) is 14.3. The van der Waals surface area contributed by atoms with Crippen LogP contribution in [-0.2, 0) is 32.1 Å². The maximum absolute atomic E-state index is 12.6. The SMILES string of the molecule is CN(Cc1ccc(C(F)(F)F)cc1)Cc1nc2sc3c(c2c(=O)[nH]1)CCC3. The third kappa shape index (κ3) is 3.64. The maximum Gasteiger partial charge on any atom is 0.416 e. The molecule has 0 unspecified atom stereocenters. The number of aromatic nitrogens is 2. The lowest BCUT2D eigenvalue weighted by Crippen LogP contribution is -2.21. The topological polar surface area (TPSA) is 49.0 Å². The molecule has 142 valence electrons. The predicted octanol–water partition coefficient (Wildman–Crippen LogP) is 4.12. The van der Waals surface area contributed by atoms with E-state index >= 15 is 0 Å². The highest BCUT2D eigenvalue weighted by Gasteiger charge is 2.30. The molecule has 3 aromatic rings. The Hall–Kier alpha value is -2.19. The minimum atomic E-state index is -4.33. The Bertz CT molecular complexity index is 1040. The number of nitrogens with zero attached hydrogens (tertiary/aromatic N) is 2. The monoisotopic (exact) mass is 393 g/mol. The second-order valence-electron chi connectivity index (χ2n) is 6.92. The van der Waals surface area contributed by atoms with Crippen LogP contribution in [0.2, 0.25) is 0 Å². The average molecular weight is 393 g/mol. The van der Waals surface area contributed by atoms with Crippen molar-refractivity contribution >= 4 is 21.6 Å². The molecule has 0 amide bonds. The molecule has 0 bridgehead atoms. The summed E-state index contributed by atoms with van der Waals surface area (Å²) >= 11 is 1.59. The molecular formula is C19H18F3N3OS. The molecule has 1 N–H and O–H groups in total. The lowest BCUT2D eigenvalue weighted by molar-refractivity contribution is -0.137. The van der Waals surface area contributed by atoms with E-state index in [2.05, 4.69) is 9.97 Å². The minimum absolute atomic E-state index is 0.0997. The third-order valence-corrected chi connectivity index (χ3v) is 5.96. The summed E-state index contributed by atoms with van der Waals surface area (Å²) in [5.74, 6) is 0.571. The first kappa shape index (κ1) is 18.2. The molecule has 4 nitrogen and oxygen atoms in total. The summed E-state index contributed by atoms with van der Waals surface area (Å²) in [6.07, 6.45) is -1.29. The van der Waals surface area contributed by atoms with Gasteiger partial charge in [0.05, 0.1) is 17.5 Å². The van der Waals surface area contributed by atoms with Crippen molar-refractivity contribution in [1.82, 2.24) is 14.9 Å². The number of alkyl halides is 3. The molecule has 1 aliphatic rings. The molecule has 0 atom stereocenters. The zero-order valence-electron chi connectivity index (χ0n) is 14.7. The number of thiophene rings is 1. The van der Waals surface area contributed by atoms with Crippen LogP contribution in [0.4, 0.5) is 13.2 Å². The van der Waals surface area contributed by atoms with Crippen LogP contribution in [0.15, 0.2) is 29.1 Å². The number of fused-ring (bicyclic) bond motifs is 3. The summed E-state index contributed by atoms with van der Waals surface area (Å²) in [6.45, 7) is 0.871. The summed E-state index contributed by atoms with van der Waals surface area (Å²) in [7, 11) is 1.84. The number of hydrogen-bond donors (Lipinski definition) is 1. The molecule has 4 rings (SSSR count). The van der Waals surface area contributed by atoms with Crippen molar-refractivity contribution in [3.8, 4) is 0 Å². The van der Waals surface area contributed by atoms with E-state index in [1.54, 1.807) is 11.3 Å². The van der Waals surface area contributed by atoms with E-state index in [1.807, 2.05) is 11.9 Å². The molecule has 2 heterocycles. The fourth-order valence-electron chi connectivity index (χ4n) is 3.54. The van der Waals surface area contributed by atoms with Gasteiger partial charge in [0.1, 0.15) is 10.7 Å². The summed E-state index contributed by atoms with van der Waals surface area (Å²) < 4.78 is 37.9. The number of aryl methyl sites for hydroxylation is 2. The van der Waals surface area contributed by atoms with Crippen LogP contribution in [-0.4, -0.2) is 21.9 Å². The number of rotatable bonds is 4. The number of nitrogens with one attached hydrogen (secondary N) is 1. The molecular weight excluding hydrogens is 375 g/mol. The van der Waals surface area contributed by atoms with Gasteiger partial charge in [-0.15, -0.1) is 11.3 Å². The van der Waals surface area contributed by atoms with E-state index in [0.29, 0.717) is 18.9 Å². The van der Waals surface area contributed by atoms with Crippen molar-refractivity contribution in [2.24, 2.45) is 0 Å². The van der Waals surface area contributed by atoms with Gasteiger partial charge in [-0.1, -0.05) is 12.1 Å². The van der Waals surface area contributed by atoms with E-state index < -0.39 is 11.7 Å². The Morgan fingerprint density at radius 1 is 1.19 bits per heavy atom. The van der Waals surface area contributed by atoms with Crippen molar-refractivity contribution in [2.75, 3.05) is 7.05 Å². The molecule has 0 saturated heterocycles. The zero-order chi connectivity index (χ0) is 19.2. The van der Waals surface area contributed by atoms with Gasteiger partial charge in [-0.2, -0.15) is 13.2 Å². The number of H-pyrrole nitrogens is 1. The summed E-state index contributed by atoms with van der Waals surface area (Å²) in [6, 6.07) is 5.12. The highest BCUT2D eigenvalue weighted by Crippen LogP contribution is 2.34. The highest BCUT2D eigenvalue weighted by molar-refractivity contribution is 7.18. The fourth-order valence-corrected chi connectivity index (χ4v) is 4.83. The lowest BCUT2D eigenvalue weighted by atomic mass is 10.1. The van der Waals surface area contributed by atoms with Crippen molar-refractivity contribution in [3.63, 3.8) is 0 Å². The summed E-state index contributed by atoms with van der Waals surface area (Å²) in [5.41, 5.74) is 1.16. The molecule has 2 aromatic heterocycles. The number of aromatic amines is 1. The molecule has 1 aliphatic carbocycles. The minimum Gasteiger partial charge on any atom is -0.309 e. The van der Waals surface area contributed by atoms with Crippen molar-refractivity contribution in [3.05, 3.63) is 62.0 Å². The van der Waals surface area contributed by atoms with Crippen LogP contribution in [0.5, 0.6) is 0 Å². The third-order valence-electron chi connectivity index (χ3n) is 4.78. The van der Waals surface area contributed by atoms with E-state index in [1.165, 1.54) is 17.0 Å². The first-order chi connectivity index (χ1) is 12.8. The van der Waals surface area contributed by atoms with Gasteiger partial charge in [0.2, 0.25) is 0 Å². The molecule has 0 aliphatic heterocycles. The quantitative estimate of drug-likeness (QED) is 0.725. The van der Waals surface area contributed by atoms with Gasteiger partial charge in [-0.05, 0) is 49.6 Å². The van der Waals surface area contributed by atoms with Crippen LogP contribution in [0.1, 0.15) is 33.8 Å². The molecule has 0 radical (unpaired) electrons. The van der Waals surface area contributed by atoms with Gasteiger partial charge in [0.25, 0.3) is 5.56 Å². The fraction of sp³-hybridized carbons (Fsp3) is 0.368.